The molecule has 1 aliphatic heterocycles. The molecule has 3 heterocycles. The van der Waals surface area contributed by atoms with Crippen LogP contribution in [0.4, 0.5) is 9.18 Å². The highest BCUT2D eigenvalue weighted by Crippen LogP contribution is 2.45. The maximum absolute atomic E-state index is 15.0. The van der Waals surface area contributed by atoms with E-state index in [2.05, 4.69) is 52.0 Å². The molecule has 1 N–H and O–H groups in total. The van der Waals surface area contributed by atoms with E-state index in [1.165, 1.54) is 11.0 Å². The lowest BCUT2D eigenvalue weighted by atomic mass is 9.99. The van der Waals surface area contributed by atoms with Gasteiger partial charge >= 0.3 is 6.09 Å². The van der Waals surface area contributed by atoms with Crippen molar-refractivity contribution in [2.75, 3.05) is 6.54 Å². The summed E-state index contributed by atoms with van der Waals surface area (Å²) in [5.41, 5.74) is 3.99. The maximum atomic E-state index is 15.0. The zero-order valence-corrected chi connectivity index (χ0v) is 21.8. The minimum atomic E-state index is -2.02. The largest absolute Gasteiger partial charge is 0.465 e. The average molecular weight is 484 g/mol. The summed E-state index contributed by atoms with van der Waals surface area (Å²) >= 11 is 0. The third-order valence-corrected chi connectivity index (χ3v) is 14.2. The van der Waals surface area contributed by atoms with E-state index >= 15 is 0 Å². The molecule has 1 aromatic carbocycles. The monoisotopic (exact) mass is 483 g/mol. The lowest BCUT2D eigenvalue weighted by Gasteiger charge is -2.44. The highest BCUT2D eigenvalue weighted by Gasteiger charge is 2.46. The van der Waals surface area contributed by atoms with Crippen LogP contribution in [0.25, 0.3) is 11.0 Å². The number of carbonyl (C=O) groups is 1. The minimum absolute atomic E-state index is 0.103. The summed E-state index contributed by atoms with van der Waals surface area (Å²) in [6.45, 7) is 14.4. The van der Waals surface area contributed by atoms with Gasteiger partial charge in [0, 0.05) is 19.3 Å². The number of amides is 1. The van der Waals surface area contributed by atoms with E-state index in [9.17, 15) is 14.3 Å². The van der Waals surface area contributed by atoms with Crippen LogP contribution in [0.15, 0.2) is 36.7 Å². The topological polar surface area (TPSA) is 67.6 Å². The van der Waals surface area contributed by atoms with Crippen LogP contribution in [0.1, 0.15) is 52.7 Å². The molecule has 0 radical (unpaired) electrons. The Morgan fingerprint density at radius 3 is 2.35 bits per heavy atom. The lowest BCUT2D eigenvalue weighted by molar-refractivity contribution is 0.140. The summed E-state index contributed by atoms with van der Waals surface area (Å²) < 4.78 is 23.5. The fourth-order valence-corrected chi connectivity index (χ4v) is 12.7. The van der Waals surface area contributed by atoms with E-state index in [4.69, 9.17) is 9.72 Å². The van der Waals surface area contributed by atoms with E-state index in [-0.39, 0.29) is 12.3 Å². The molecule has 0 saturated heterocycles. The second-order valence-electron chi connectivity index (χ2n) is 10.2. The van der Waals surface area contributed by atoms with Gasteiger partial charge in [-0.05, 0) is 64.6 Å². The predicted octanol–water partition coefficient (Wildman–Crippen LogP) is 7.03. The lowest BCUT2D eigenvalue weighted by Crippen LogP contribution is -2.51. The van der Waals surface area contributed by atoms with Crippen molar-refractivity contribution < 1.29 is 19.0 Å². The number of nitrogens with zero attached hydrogens (tertiary/aromatic N) is 3. The third-order valence-electron chi connectivity index (χ3n) is 7.50. The first-order chi connectivity index (χ1) is 16.1. The molecule has 0 spiro atoms. The summed E-state index contributed by atoms with van der Waals surface area (Å²) in [5.74, 6) is 0.209. The molecular weight excluding hydrogens is 449 g/mol. The number of halogens is 1. The first kappa shape index (κ1) is 24.3. The molecule has 0 aliphatic carbocycles. The highest BCUT2D eigenvalue weighted by molar-refractivity contribution is 6.82. The number of carboxylic acid groups (broad SMARTS) is 1. The van der Waals surface area contributed by atoms with Crippen molar-refractivity contribution >= 4 is 25.4 Å². The van der Waals surface area contributed by atoms with Gasteiger partial charge in [-0.3, -0.25) is 0 Å². The van der Waals surface area contributed by atoms with Crippen molar-refractivity contribution in [2.45, 2.75) is 71.1 Å². The van der Waals surface area contributed by atoms with Crippen molar-refractivity contribution in [2.24, 2.45) is 0 Å². The molecule has 182 valence electrons. The SMILES string of the molecule is CC(C)[Si](C(C)C)(C(C)C)n1ccc2c(Oc3cc4c(cc3F)CCN(C(=O)O)C4)ccnc21. The van der Waals surface area contributed by atoms with Gasteiger partial charge in [-0.2, -0.15) is 0 Å². The Bertz CT molecular complexity index is 1200. The quantitative estimate of drug-likeness (QED) is 0.382. The number of ether oxygens (including phenoxy) is 1. The minimum Gasteiger partial charge on any atom is -0.465 e. The van der Waals surface area contributed by atoms with Crippen LogP contribution in [-0.2, 0) is 13.0 Å². The molecule has 0 atom stereocenters. The Hall–Kier alpha value is -2.87. The van der Waals surface area contributed by atoms with E-state index < -0.39 is 20.1 Å². The van der Waals surface area contributed by atoms with Crippen LogP contribution >= 0.6 is 0 Å². The van der Waals surface area contributed by atoms with Gasteiger partial charge in [0.05, 0.1) is 5.39 Å². The predicted molar refractivity (Wildman–Crippen MR) is 135 cm³/mol. The van der Waals surface area contributed by atoms with Gasteiger partial charge in [0.25, 0.3) is 0 Å². The number of pyridine rings is 1. The van der Waals surface area contributed by atoms with Crippen molar-refractivity contribution in [1.29, 1.82) is 0 Å². The normalized spacial score (nSPS) is 14.4. The molecule has 0 fully saturated rings. The molecule has 8 heteroatoms. The summed E-state index contributed by atoms with van der Waals surface area (Å²) in [6.07, 6.45) is 3.37. The zero-order chi connectivity index (χ0) is 24.8. The standard InChI is InChI=1S/C26H34FN3O3Si/c1-16(2)34(17(3)4,18(5)6)30-12-9-21-23(7-10-28-25(21)30)33-24-14-20-15-29(26(31)32)11-8-19(20)13-22(24)27/h7,9-10,12-14,16-18H,8,11,15H2,1-6H3,(H,31,32). The highest BCUT2D eigenvalue weighted by atomic mass is 28.3. The zero-order valence-electron chi connectivity index (χ0n) is 20.8. The Morgan fingerprint density at radius 1 is 1.06 bits per heavy atom. The molecule has 0 unspecified atom stereocenters. The van der Waals surface area contributed by atoms with Gasteiger partial charge in [-0.15, -0.1) is 0 Å². The summed E-state index contributed by atoms with van der Waals surface area (Å²) in [4.78, 5) is 17.5. The molecular formula is C26H34FN3O3Si. The van der Waals surface area contributed by atoms with E-state index in [1.54, 1.807) is 18.3 Å². The first-order valence-electron chi connectivity index (χ1n) is 12.0. The van der Waals surface area contributed by atoms with Crippen LogP contribution in [0.3, 0.4) is 0 Å². The maximum Gasteiger partial charge on any atom is 0.407 e. The second-order valence-corrected chi connectivity index (χ2v) is 15.9. The van der Waals surface area contributed by atoms with E-state index in [1.807, 2.05) is 6.07 Å². The van der Waals surface area contributed by atoms with Crippen LogP contribution in [-0.4, -0.2) is 40.1 Å². The number of benzene rings is 1. The van der Waals surface area contributed by atoms with Crippen molar-refractivity contribution in [1.82, 2.24) is 14.1 Å². The molecule has 34 heavy (non-hydrogen) atoms. The number of hydrogen-bond donors (Lipinski definition) is 1. The first-order valence-corrected chi connectivity index (χ1v) is 14.2. The number of rotatable bonds is 6. The Labute approximate surface area is 201 Å². The smallest absolute Gasteiger partial charge is 0.407 e. The molecule has 4 rings (SSSR count). The molecule has 6 nitrogen and oxygen atoms in total. The fraction of sp³-hybridized carbons (Fsp3) is 0.462. The molecule has 0 saturated carbocycles. The van der Waals surface area contributed by atoms with Crippen LogP contribution in [0.2, 0.25) is 16.6 Å². The van der Waals surface area contributed by atoms with Crippen molar-refractivity contribution in [3.63, 3.8) is 0 Å². The van der Waals surface area contributed by atoms with E-state index in [0.717, 1.165) is 22.2 Å². The van der Waals surface area contributed by atoms with Gasteiger partial charge in [-0.1, -0.05) is 41.5 Å². The third kappa shape index (κ3) is 3.87. The van der Waals surface area contributed by atoms with Gasteiger partial charge in [0.2, 0.25) is 0 Å². The summed E-state index contributed by atoms with van der Waals surface area (Å²) in [6, 6.07) is 6.90. The van der Waals surface area contributed by atoms with Gasteiger partial charge in [-0.25, -0.2) is 14.2 Å². The number of fused-ring (bicyclic) bond motifs is 2. The van der Waals surface area contributed by atoms with Crippen molar-refractivity contribution in [3.05, 3.63) is 53.6 Å². The Morgan fingerprint density at radius 2 is 1.74 bits per heavy atom. The van der Waals surface area contributed by atoms with Gasteiger partial charge in [0.1, 0.15) is 11.4 Å². The van der Waals surface area contributed by atoms with Crippen LogP contribution in [0, 0.1) is 5.82 Å². The molecule has 3 aromatic rings. The second kappa shape index (κ2) is 9.06. The van der Waals surface area contributed by atoms with Gasteiger partial charge < -0.3 is 19.0 Å². The number of aromatic nitrogens is 2. The Balaban J connectivity index is 1.77. The average Bonchev–Trinajstić information content (AvgIpc) is 3.19. The van der Waals surface area contributed by atoms with E-state index in [0.29, 0.717) is 35.3 Å². The van der Waals surface area contributed by atoms with Gasteiger partial charge in [0.15, 0.2) is 19.8 Å². The summed E-state index contributed by atoms with van der Waals surface area (Å²) in [5, 5.41) is 10.2. The molecule has 1 amide bonds. The number of hydrogen-bond acceptors (Lipinski definition) is 3. The van der Waals surface area contributed by atoms with Crippen LogP contribution < -0.4 is 4.74 Å². The molecule has 2 aromatic heterocycles. The fourth-order valence-electron chi connectivity index (χ4n) is 6.17. The molecule has 1 aliphatic rings. The Kier molecular flexibility index (Phi) is 6.46. The van der Waals surface area contributed by atoms with Crippen molar-refractivity contribution in [3.8, 4) is 11.5 Å². The van der Waals surface area contributed by atoms with Crippen LogP contribution in [0.5, 0.6) is 11.5 Å². The summed E-state index contributed by atoms with van der Waals surface area (Å²) in [7, 11) is -2.02. The molecule has 0 bridgehead atoms.